The minimum Gasteiger partial charge on any atom is -0.463 e. The molecule has 1 unspecified atom stereocenters. The molecule has 0 bridgehead atoms. The van der Waals surface area contributed by atoms with Crippen LogP contribution < -0.4 is 0 Å². The van der Waals surface area contributed by atoms with Crippen molar-refractivity contribution in [1.29, 1.82) is 0 Å². The number of rotatable bonds is 6. The van der Waals surface area contributed by atoms with Crippen LogP contribution in [0.5, 0.6) is 0 Å². The predicted octanol–water partition coefficient (Wildman–Crippen LogP) is 5.65. The molecule has 2 rings (SSSR count). The third-order valence-electron chi connectivity index (χ3n) is 4.55. The highest BCUT2D eigenvalue weighted by Gasteiger charge is 2.26. The molecule has 2 aromatic rings. The standard InChI is InChI=1S/C24H31NO4/c1-7-28-22(26)17(2)12-15-21(25(6)23(27)29-24(3,4)5)20-14-13-18-10-8-9-11-19(18)16-20/h8-14,16,21H,7,15H2,1-6H3. The highest BCUT2D eigenvalue weighted by Crippen LogP contribution is 2.29. The molecule has 0 aromatic heterocycles. The predicted molar refractivity (Wildman–Crippen MR) is 116 cm³/mol. The molecule has 0 aliphatic heterocycles. The quantitative estimate of drug-likeness (QED) is 0.467. The minimum absolute atomic E-state index is 0.279. The van der Waals surface area contributed by atoms with Crippen molar-refractivity contribution < 1.29 is 19.1 Å². The first-order chi connectivity index (χ1) is 13.6. The van der Waals surface area contributed by atoms with Gasteiger partial charge >= 0.3 is 12.1 Å². The third-order valence-corrected chi connectivity index (χ3v) is 4.55. The van der Waals surface area contributed by atoms with Crippen LogP contribution >= 0.6 is 0 Å². The topological polar surface area (TPSA) is 55.8 Å². The van der Waals surface area contributed by atoms with Gasteiger partial charge in [-0.25, -0.2) is 9.59 Å². The van der Waals surface area contributed by atoms with E-state index in [1.807, 2.05) is 57.2 Å². The van der Waals surface area contributed by atoms with Crippen LogP contribution in [0.15, 0.2) is 54.1 Å². The molecule has 0 fully saturated rings. The van der Waals surface area contributed by atoms with Gasteiger partial charge in [-0.15, -0.1) is 0 Å². The number of ether oxygens (including phenoxy) is 2. The summed E-state index contributed by atoms with van der Waals surface area (Å²) in [6, 6.07) is 13.9. The molecule has 156 valence electrons. The molecule has 29 heavy (non-hydrogen) atoms. The molecule has 0 heterocycles. The van der Waals surface area contributed by atoms with Gasteiger partial charge in [0.2, 0.25) is 0 Å². The van der Waals surface area contributed by atoms with Crippen LogP contribution in [-0.4, -0.2) is 36.2 Å². The highest BCUT2D eigenvalue weighted by molar-refractivity contribution is 5.87. The zero-order valence-electron chi connectivity index (χ0n) is 18.2. The molecule has 0 aliphatic rings. The number of nitrogens with zero attached hydrogens (tertiary/aromatic N) is 1. The number of carbonyl (C=O) groups is 2. The van der Waals surface area contributed by atoms with Crippen LogP contribution in [0, 0.1) is 0 Å². The Morgan fingerprint density at radius 1 is 1.10 bits per heavy atom. The molecule has 0 saturated carbocycles. The van der Waals surface area contributed by atoms with E-state index in [-0.39, 0.29) is 12.0 Å². The van der Waals surface area contributed by atoms with Crippen LogP contribution in [0.2, 0.25) is 0 Å². The summed E-state index contributed by atoms with van der Waals surface area (Å²) in [5, 5.41) is 2.23. The van der Waals surface area contributed by atoms with Crippen molar-refractivity contribution in [2.75, 3.05) is 13.7 Å². The van der Waals surface area contributed by atoms with Gasteiger partial charge in [0.05, 0.1) is 12.6 Å². The zero-order valence-corrected chi connectivity index (χ0v) is 18.2. The van der Waals surface area contributed by atoms with Gasteiger partial charge in [0.1, 0.15) is 5.60 Å². The second kappa shape index (κ2) is 9.59. The molecule has 2 aromatic carbocycles. The van der Waals surface area contributed by atoms with Crippen molar-refractivity contribution in [1.82, 2.24) is 4.90 Å². The number of hydrogen-bond acceptors (Lipinski definition) is 4. The molecule has 0 spiro atoms. The first-order valence-corrected chi connectivity index (χ1v) is 9.90. The average molecular weight is 398 g/mol. The SMILES string of the molecule is CCOC(=O)C(C)=CCC(c1ccc2ccccc2c1)N(C)C(=O)OC(C)(C)C. The summed E-state index contributed by atoms with van der Waals surface area (Å²) in [4.78, 5) is 26.3. The van der Waals surface area contributed by atoms with Crippen molar-refractivity contribution in [3.8, 4) is 0 Å². The van der Waals surface area contributed by atoms with E-state index in [1.165, 1.54) is 0 Å². The summed E-state index contributed by atoms with van der Waals surface area (Å²) < 4.78 is 10.6. The van der Waals surface area contributed by atoms with Crippen molar-refractivity contribution >= 4 is 22.8 Å². The zero-order chi connectivity index (χ0) is 21.6. The summed E-state index contributed by atoms with van der Waals surface area (Å²) in [6.45, 7) is 9.36. The van der Waals surface area contributed by atoms with E-state index in [1.54, 1.807) is 25.8 Å². The Morgan fingerprint density at radius 2 is 1.76 bits per heavy atom. The lowest BCUT2D eigenvalue weighted by Gasteiger charge is -2.31. The number of benzene rings is 2. The molecular weight excluding hydrogens is 366 g/mol. The molecule has 0 N–H and O–H groups in total. The van der Waals surface area contributed by atoms with Gasteiger partial charge in [-0.2, -0.15) is 0 Å². The van der Waals surface area contributed by atoms with E-state index in [2.05, 4.69) is 12.1 Å². The molecular formula is C24H31NO4. The smallest absolute Gasteiger partial charge is 0.410 e. The van der Waals surface area contributed by atoms with Crippen molar-refractivity contribution in [2.45, 2.75) is 52.7 Å². The van der Waals surface area contributed by atoms with Crippen LogP contribution in [0.1, 0.15) is 52.6 Å². The Kier molecular flexibility index (Phi) is 7.43. The van der Waals surface area contributed by atoms with Gasteiger partial charge in [-0.05, 0) is 63.4 Å². The van der Waals surface area contributed by atoms with E-state index >= 15 is 0 Å². The summed E-state index contributed by atoms with van der Waals surface area (Å²) in [7, 11) is 1.72. The van der Waals surface area contributed by atoms with E-state index in [0.29, 0.717) is 18.6 Å². The second-order valence-electron chi connectivity index (χ2n) is 8.06. The second-order valence-corrected chi connectivity index (χ2v) is 8.06. The summed E-state index contributed by atoms with van der Waals surface area (Å²) >= 11 is 0. The lowest BCUT2D eigenvalue weighted by Crippen LogP contribution is -2.36. The number of esters is 1. The Morgan fingerprint density at radius 3 is 2.38 bits per heavy atom. The van der Waals surface area contributed by atoms with E-state index in [0.717, 1.165) is 16.3 Å². The Labute approximate surface area is 173 Å². The van der Waals surface area contributed by atoms with Gasteiger partial charge in [-0.3, -0.25) is 0 Å². The normalized spacial score (nSPS) is 13.1. The van der Waals surface area contributed by atoms with Crippen molar-refractivity contribution in [3.05, 3.63) is 59.7 Å². The van der Waals surface area contributed by atoms with Crippen LogP contribution in [0.3, 0.4) is 0 Å². The van der Waals surface area contributed by atoms with E-state index in [4.69, 9.17) is 9.47 Å². The van der Waals surface area contributed by atoms with Crippen molar-refractivity contribution in [3.63, 3.8) is 0 Å². The summed E-state index contributed by atoms with van der Waals surface area (Å²) in [5.41, 5.74) is 0.913. The monoisotopic (exact) mass is 397 g/mol. The first-order valence-electron chi connectivity index (χ1n) is 9.90. The van der Waals surface area contributed by atoms with Gasteiger partial charge in [-0.1, -0.05) is 42.5 Å². The third kappa shape index (κ3) is 6.34. The lowest BCUT2D eigenvalue weighted by molar-refractivity contribution is -0.138. The van der Waals surface area contributed by atoms with E-state index < -0.39 is 11.7 Å². The molecule has 1 atom stereocenters. The Bertz CT molecular complexity index is 895. The van der Waals surface area contributed by atoms with Crippen LogP contribution in [0.4, 0.5) is 4.79 Å². The summed E-state index contributed by atoms with van der Waals surface area (Å²) in [6.07, 6.45) is 1.88. The maximum Gasteiger partial charge on any atom is 0.410 e. The first kappa shape index (κ1) is 22.5. The fourth-order valence-electron chi connectivity index (χ4n) is 3.01. The van der Waals surface area contributed by atoms with Crippen LogP contribution in [0.25, 0.3) is 10.8 Å². The number of amides is 1. The lowest BCUT2D eigenvalue weighted by atomic mass is 9.98. The van der Waals surface area contributed by atoms with E-state index in [9.17, 15) is 9.59 Å². The highest BCUT2D eigenvalue weighted by atomic mass is 16.6. The summed E-state index contributed by atoms with van der Waals surface area (Å²) in [5.74, 6) is -0.343. The molecule has 0 aliphatic carbocycles. The fraction of sp³-hybridized carbons (Fsp3) is 0.417. The molecule has 1 amide bonds. The molecule has 5 heteroatoms. The minimum atomic E-state index is -0.587. The van der Waals surface area contributed by atoms with Gasteiger partial charge in [0.25, 0.3) is 0 Å². The number of fused-ring (bicyclic) bond motifs is 1. The maximum absolute atomic E-state index is 12.7. The number of carbonyl (C=O) groups excluding carboxylic acids is 2. The van der Waals surface area contributed by atoms with Crippen LogP contribution in [-0.2, 0) is 14.3 Å². The molecule has 0 radical (unpaired) electrons. The average Bonchev–Trinajstić information content (AvgIpc) is 2.66. The molecule has 0 saturated heterocycles. The maximum atomic E-state index is 12.7. The fourth-order valence-corrected chi connectivity index (χ4v) is 3.01. The largest absolute Gasteiger partial charge is 0.463 e. The van der Waals surface area contributed by atoms with Gasteiger partial charge < -0.3 is 14.4 Å². The number of hydrogen-bond donors (Lipinski definition) is 0. The Balaban J connectivity index is 2.36. The Hall–Kier alpha value is -2.82. The van der Waals surface area contributed by atoms with Crippen molar-refractivity contribution in [2.24, 2.45) is 0 Å². The van der Waals surface area contributed by atoms with Gasteiger partial charge in [0.15, 0.2) is 0 Å². The van der Waals surface area contributed by atoms with Gasteiger partial charge in [0, 0.05) is 12.6 Å². The molecule has 5 nitrogen and oxygen atoms in total.